The number of hydrogen-bond acceptors (Lipinski definition) is 9. The average Bonchev–Trinajstić information content (AvgIpc) is 3.24. The van der Waals surface area contributed by atoms with Gasteiger partial charge in [0.1, 0.15) is 11.5 Å². The molecule has 0 radical (unpaired) electrons. The Bertz CT molecular complexity index is 2460. The minimum Gasteiger partial charge on any atom is -0.748 e. The number of nitrogen functional groups attached to an aromatic ring is 1. The van der Waals surface area contributed by atoms with Gasteiger partial charge in [-0.2, -0.15) is 0 Å². The van der Waals surface area contributed by atoms with Crippen LogP contribution in [0.3, 0.4) is 0 Å². The van der Waals surface area contributed by atoms with E-state index in [0.29, 0.717) is 40.6 Å². The molecule has 0 amide bonds. The fourth-order valence-corrected chi connectivity index (χ4v) is 20.0. The van der Waals surface area contributed by atoms with Crippen molar-refractivity contribution in [3.63, 3.8) is 0 Å². The maximum absolute atomic E-state index is 9.08. The number of nitrogens with two attached hydrogens (primary N) is 1. The van der Waals surface area contributed by atoms with Crippen molar-refractivity contribution in [2.45, 2.75) is 147 Å². The Balaban J connectivity index is 0.000000276. The molecule has 8 fully saturated rings. The van der Waals surface area contributed by atoms with Gasteiger partial charge in [-0.15, -0.1) is 35.9 Å². The van der Waals surface area contributed by atoms with Crippen LogP contribution in [-0.2, 0) is 40.7 Å². The molecule has 386 valence electrons. The van der Waals surface area contributed by atoms with Crippen molar-refractivity contribution in [1.29, 1.82) is 0 Å². The summed E-state index contributed by atoms with van der Waals surface area (Å²) in [5.74, 6) is 9.33. The summed E-state index contributed by atoms with van der Waals surface area (Å²) in [7, 11) is -4.42. The molecule has 4 aromatic carbocycles. The molecule has 8 aliphatic carbocycles. The number of para-hydroxylation sites is 1. The van der Waals surface area contributed by atoms with Crippen molar-refractivity contribution in [3.8, 4) is 33.8 Å². The second kappa shape index (κ2) is 22.8. The fraction of sp³-hybridized carbons (Fsp3) is 0.579. The number of hydrogen-bond donors (Lipinski definition) is 1. The summed E-state index contributed by atoms with van der Waals surface area (Å²) in [6.07, 6.45) is 19.1. The first kappa shape index (κ1) is 56.5. The molecule has 0 spiro atoms. The second-order valence-corrected chi connectivity index (χ2v) is 28.5. The molecule has 12 rings (SSSR count). The zero-order chi connectivity index (χ0) is 50.2. The molecule has 2 N–H and O–H groups in total. The molecular weight excluding hydrogens is 1030 g/mol. The number of benzene rings is 4. The monoisotopic (exact) mass is 1100 g/mol. The van der Waals surface area contributed by atoms with E-state index in [1.54, 1.807) is 5.30 Å². The summed E-state index contributed by atoms with van der Waals surface area (Å²) < 4.78 is 67.6. The Kier molecular flexibility index (Phi) is 18.4. The van der Waals surface area contributed by atoms with Gasteiger partial charge < -0.3 is 24.3 Å². The summed E-state index contributed by atoms with van der Waals surface area (Å²) in [5, 5.41) is 2.54. The van der Waals surface area contributed by atoms with Gasteiger partial charge in [0.05, 0.1) is 34.5 Å². The predicted octanol–water partition coefficient (Wildman–Crippen LogP) is 12.8. The first-order chi connectivity index (χ1) is 32.4. The van der Waals surface area contributed by atoms with Gasteiger partial charge >= 0.3 is 20.4 Å². The zero-order valence-corrected chi connectivity index (χ0v) is 47.1. The van der Waals surface area contributed by atoms with E-state index in [1.165, 1.54) is 111 Å². The molecule has 0 saturated heterocycles. The Morgan fingerprint density at radius 2 is 0.986 bits per heavy atom. The standard InChI is InChI=1S/C43H61O2P.C12H10N.2CH4O3S.Pd/c1-25(2)34-17-35(26(3)4)39(36(18-34)27(5)6)40-37(44-7)9-10-38(45-8)41(40)46(42-19-28-11-29(20-42)13-30(12-28)21-42)43-22-31-14-32(23-43)16-33(15-31)24-43;13-12-9-5-4-8-11(12)10-6-2-1-3-7-10;2*1-5(2,3)4;/h9-10,17-18,25-33H,11-16,19-24H2,1-8H3;1-6,8-9H,13H2;2*1H3,(H,2,3,4);/q;-1;;;+2/p-2. The molecule has 0 unspecified atom stereocenters. The van der Waals surface area contributed by atoms with Gasteiger partial charge in [0.2, 0.25) is 0 Å². The molecule has 0 heterocycles. The van der Waals surface area contributed by atoms with Crippen molar-refractivity contribution in [3.05, 3.63) is 95.6 Å². The summed E-state index contributed by atoms with van der Waals surface area (Å²) in [6, 6.07) is 28.5. The Hall–Kier alpha value is -2.81. The molecule has 4 aromatic rings. The minimum atomic E-state index is -3.92. The van der Waals surface area contributed by atoms with Crippen molar-refractivity contribution in [2.24, 2.45) is 35.5 Å². The molecule has 8 bridgehead atoms. The number of rotatable bonds is 10. The van der Waals surface area contributed by atoms with Gasteiger partial charge in [-0.25, -0.2) is 16.8 Å². The van der Waals surface area contributed by atoms with Crippen molar-refractivity contribution in [1.82, 2.24) is 0 Å². The summed E-state index contributed by atoms with van der Waals surface area (Å²) >= 11 is 0. The van der Waals surface area contributed by atoms with E-state index in [4.69, 9.17) is 41.1 Å². The zero-order valence-electron chi connectivity index (χ0n) is 43.0. The van der Waals surface area contributed by atoms with E-state index in [0.717, 1.165) is 58.1 Å². The molecule has 0 aliphatic heterocycles. The van der Waals surface area contributed by atoms with E-state index in [1.807, 2.05) is 62.8 Å². The summed E-state index contributed by atoms with van der Waals surface area (Å²) in [4.78, 5) is 0. The molecule has 70 heavy (non-hydrogen) atoms. The molecular formula is C57H77NO8PPdS2-. The van der Waals surface area contributed by atoms with Gasteiger partial charge in [0.25, 0.3) is 0 Å². The third-order valence-electron chi connectivity index (χ3n) is 16.1. The van der Waals surface area contributed by atoms with Crippen LogP contribution in [0.25, 0.3) is 22.3 Å². The van der Waals surface area contributed by atoms with Crippen LogP contribution in [0.5, 0.6) is 11.5 Å². The third kappa shape index (κ3) is 13.1. The van der Waals surface area contributed by atoms with E-state index < -0.39 is 28.2 Å². The van der Waals surface area contributed by atoms with Crippen LogP contribution in [-0.4, -0.2) is 63.0 Å². The van der Waals surface area contributed by atoms with Gasteiger partial charge in [-0.05, 0) is 187 Å². The molecule has 8 aliphatic rings. The van der Waals surface area contributed by atoms with Gasteiger partial charge in [0, 0.05) is 23.4 Å². The van der Waals surface area contributed by atoms with Crippen LogP contribution < -0.4 is 20.5 Å². The summed E-state index contributed by atoms with van der Waals surface area (Å²) in [5.41, 5.74) is 16.1. The quantitative estimate of drug-likeness (QED) is 0.0536. The second-order valence-electron chi connectivity index (χ2n) is 22.6. The number of methoxy groups -OCH3 is 2. The molecule has 9 nitrogen and oxygen atoms in total. The maximum atomic E-state index is 9.08. The van der Waals surface area contributed by atoms with Crippen LogP contribution in [0, 0.1) is 41.6 Å². The van der Waals surface area contributed by atoms with Gasteiger partial charge in [-0.1, -0.05) is 85.4 Å². The predicted molar refractivity (Wildman–Crippen MR) is 282 cm³/mol. The topological polar surface area (TPSA) is 159 Å². The third-order valence-corrected chi connectivity index (χ3v) is 20.0. The van der Waals surface area contributed by atoms with Crippen molar-refractivity contribution in [2.75, 3.05) is 32.5 Å². The Labute approximate surface area is 436 Å². The van der Waals surface area contributed by atoms with Crippen LogP contribution in [0.15, 0.2) is 72.8 Å². The van der Waals surface area contributed by atoms with Crippen molar-refractivity contribution >= 4 is 39.1 Å². The minimum absolute atomic E-state index is 0. The first-order valence-electron chi connectivity index (χ1n) is 25.3. The Morgan fingerprint density at radius 1 is 0.600 bits per heavy atom. The van der Waals surface area contributed by atoms with E-state index >= 15 is 0 Å². The molecule has 0 aromatic heterocycles. The average molecular weight is 1110 g/mol. The van der Waals surface area contributed by atoms with Crippen LogP contribution >= 0.6 is 7.92 Å². The van der Waals surface area contributed by atoms with E-state index in [9.17, 15) is 0 Å². The Morgan fingerprint density at radius 3 is 1.33 bits per heavy atom. The summed E-state index contributed by atoms with van der Waals surface area (Å²) in [6.45, 7) is 14.4. The van der Waals surface area contributed by atoms with Gasteiger partial charge in [0.15, 0.2) is 0 Å². The normalized spacial score (nSPS) is 27.4. The molecule has 8 saturated carbocycles. The first-order valence-corrected chi connectivity index (χ1v) is 30.2. The molecule has 13 heteroatoms. The van der Waals surface area contributed by atoms with Crippen LogP contribution in [0.2, 0.25) is 0 Å². The maximum Gasteiger partial charge on any atom is 2.00 e. The largest absolute Gasteiger partial charge is 2.00 e. The van der Waals surface area contributed by atoms with Crippen LogP contribution in [0.1, 0.15) is 153 Å². The van der Waals surface area contributed by atoms with Crippen LogP contribution in [0.4, 0.5) is 5.69 Å². The fourth-order valence-electron chi connectivity index (χ4n) is 14.6. The van der Waals surface area contributed by atoms with Crippen molar-refractivity contribution < 1.29 is 55.8 Å². The SMILES string of the molecule is COc1ccc(OC)c(P(C23CC4CC(CC(C4)C2)C3)C23CC4CC(CC(C4)C2)C3)c1-c1c(C(C)C)cc(C(C)C)cc1C(C)C.CS(=O)(=O)[O-].CS(=O)(=O)[O-].Nc1ccccc1-c1[c-]cccc1.[Pd+2]. The smallest absolute Gasteiger partial charge is 0.748 e. The molecule has 0 atom stereocenters. The number of anilines is 1. The van der Waals surface area contributed by atoms with E-state index in [2.05, 4.69) is 71.9 Å². The van der Waals surface area contributed by atoms with Gasteiger partial charge in [-0.3, -0.25) is 0 Å². The number of ether oxygens (including phenoxy) is 2. The van der Waals surface area contributed by atoms with E-state index in [-0.39, 0.29) is 20.4 Å².